The molecule has 1 amide bonds. The van der Waals surface area contributed by atoms with Crippen LogP contribution in [-0.4, -0.2) is 24.0 Å². The highest BCUT2D eigenvalue weighted by atomic mass is 16.1. The van der Waals surface area contributed by atoms with E-state index in [9.17, 15) is 4.79 Å². The summed E-state index contributed by atoms with van der Waals surface area (Å²) in [5.41, 5.74) is 5.58. The quantitative estimate of drug-likeness (QED) is 0.484. The Bertz CT molecular complexity index is 818. The van der Waals surface area contributed by atoms with Gasteiger partial charge in [0.2, 0.25) is 6.41 Å². The van der Waals surface area contributed by atoms with E-state index in [0.717, 1.165) is 37.9 Å². The zero-order valence-electron chi connectivity index (χ0n) is 17.9. The highest BCUT2D eigenvalue weighted by Crippen LogP contribution is 2.34. The van der Waals surface area contributed by atoms with Crippen molar-refractivity contribution < 1.29 is 4.79 Å². The second-order valence-electron chi connectivity index (χ2n) is 8.67. The van der Waals surface area contributed by atoms with Gasteiger partial charge in [-0.3, -0.25) is 4.79 Å². The van der Waals surface area contributed by atoms with Crippen molar-refractivity contribution in [3.63, 3.8) is 0 Å². The van der Waals surface area contributed by atoms with E-state index in [4.69, 9.17) is 0 Å². The first-order valence-corrected chi connectivity index (χ1v) is 10.5. The number of carbonyl (C=O) groups is 1. The van der Waals surface area contributed by atoms with Crippen molar-refractivity contribution in [1.82, 2.24) is 21.3 Å². The molecule has 0 aromatic heterocycles. The zero-order valence-corrected chi connectivity index (χ0v) is 17.9. The molecule has 1 unspecified atom stereocenters. The van der Waals surface area contributed by atoms with Gasteiger partial charge in [0.15, 0.2) is 0 Å². The summed E-state index contributed by atoms with van der Waals surface area (Å²) in [6.07, 6.45) is 5.76. The van der Waals surface area contributed by atoms with Crippen LogP contribution in [0.15, 0.2) is 54.6 Å². The highest BCUT2D eigenvalue weighted by molar-refractivity contribution is 5.75. The Labute approximate surface area is 174 Å². The molecule has 5 heteroatoms. The Morgan fingerprint density at radius 1 is 1.21 bits per heavy atom. The van der Waals surface area contributed by atoms with Gasteiger partial charge in [0, 0.05) is 17.6 Å². The maximum absolute atomic E-state index is 10.6. The fourth-order valence-electron chi connectivity index (χ4n) is 4.66. The van der Waals surface area contributed by atoms with Crippen LogP contribution in [0.2, 0.25) is 0 Å². The molecule has 2 aliphatic carbocycles. The van der Waals surface area contributed by atoms with E-state index in [2.05, 4.69) is 79.5 Å². The van der Waals surface area contributed by atoms with E-state index in [1.807, 2.05) is 0 Å². The van der Waals surface area contributed by atoms with Crippen LogP contribution in [0.4, 0.5) is 0 Å². The minimum atomic E-state index is -0.0368. The van der Waals surface area contributed by atoms with E-state index < -0.39 is 0 Å². The lowest BCUT2D eigenvalue weighted by molar-refractivity contribution is -0.109. The van der Waals surface area contributed by atoms with Gasteiger partial charge in [-0.15, -0.1) is 0 Å². The van der Waals surface area contributed by atoms with Gasteiger partial charge in [0.25, 0.3) is 0 Å². The van der Waals surface area contributed by atoms with Gasteiger partial charge in [0.05, 0.1) is 11.6 Å². The number of carbonyl (C=O) groups excluding carboxylic acids is 1. The molecule has 0 saturated heterocycles. The van der Waals surface area contributed by atoms with Gasteiger partial charge in [-0.25, -0.2) is 0 Å². The summed E-state index contributed by atoms with van der Waals surface area (Å²) in [7, 11) is 0. The maximum Gasteiger partial charge on any atom is 0.212 e. The topological polar surface area (TPSA) is 65.2 Å². The predicted molar refractivity (Wildman–Crippen MR) is 120 cm³/mol. The lowest BCUT2D eigenvalue weighted by Gasteiger charge is -2.40. The summed E-state index contributed by atoms with van der Waals surface area (Å²) in [5.74, 6) is 1.46. The number of amides is 1. The van der Waals surface area contributed by atoms with E-state index in [-0.39, 0.29) is 11.6 Å². The van der Waals surface area contributed by atoms with E-state index in [1.54, 1.807) is 0 Å². The predicted octanol–water partition coefficient (Wildman–Crippen LogP) is 3.56. The monoisotopic (exact) mass is 394 g/mol. The Morgan fingerprint density at radius 3 is 2.55 bits per heavy atom. The number of allylic oxidation sites excluding steroid dienone is 1. The van der Waals surface area contributed by atoms with Crippen molar-refractivity contribution in [1.29, 1.82) is 0 Å². The van der Waals surface area contributed by atoms with Crippen LogP contribution in [0, 0.1) is 0 Å². The molecule has 0 bridgehead atoms. The van der Waals surface area contributed by atoms with Crippen LogP contribution >= 0.6 is 0 Å². The minimum absolute atomic E-state index is 0.0368. The molecule has 4 N–H and O–H groups in total. The van der Waals surface area contributed by atoms with Crippen LogP contribution in [0.3, 0.4) is 0 Å². The fourth-order valence-corrected chi connectivity index (χ4v) is 4.66. The molecule has 2 aliphatic rings. The summed E-state index contributed by atoms with van der Waals surface area (Å²) in [4.78, 5) is 10.6. The van der Waals surface area contributed by atoms with Gasteiger partial charge >= 0.3 is 0 Å². The van der Waals surface area contributed by atoms with Gasteiger partial charge in [-0.05, 0) is 75.1 Å². The summed E-state index contributed by atoms with van der Waals surface area (Å²) in [6.45, 7) is 14.7. The Balaban J connectivity index is 1.48. The first-order valence-electron chi connectivity index (χ1n) is 10.5. The second kappa shape index (κ2) is 8.76. The van der Waals surface area contributed by atoms with Crippen molar-refractivity contribution in [2.45, 2.75) is 70.5 Å². The smallest absolute Gasteiger partial charge is 0.212 e. The standard InChI is InChI=1S/C24H34N4O/c1-16-22-9-7-6-8-20(22)14-23(16)17(2)26-19(4)27-21-10-12-24(5,13-11-21)28-18(3)25-15-29/h6-9,15,17,21,26-28H,3-4,10-14H2,1-2,5H3,(H,25,29). The number of hydrogen-bond donors (Lipinski definition) is 4. The number of rotatable bonds is 9. The third-order valence-electron chi connectivity index (χ3n) is 6.35. The van der Waals surface area contributed by atoms with Crippen LogP contribution in [-0.2, 0) is 11.2 Å². The van der Waals surface area contributed by atoms with Crippen LogP contribution < -0.4 is 21.3 Å². The molecule has 0 radical (unpaired) electrons. The third-order valence-corrected chi connectivity index (χ3v) is 6.35. The normalized spacial score (nSPS) is 24.3. The van der Waals surface area contributed by atoms with E-state index >= 15 is 0 Å². The first kappa shape index (κ1) is 21.0. The summed E-state index contributed by atoms with van der Waals surface area (Å²) in [5, 5.41) is 13.1. The second-order valence-corrected chi connectivity index (χ2v) is 8.67. The summed E-state index contributed by atoms with van der Waals surface area (Å²) >= 11 is 0. The summed E-state index contributed by atoms with van der Waals surface area (Å²) in [6, 6.07) is 9.31. The Hall–Kier alpha value is -2.69. The number of fused-ring (bicyclic) bond motifs is 1. The van der Waals surface area contributed by atoms with Crippen molar-refractivity contribution in [3.8, 4) is 0 Å². The Kier molecular flexibility index (Phi) is 6.36. The number of nitrogens with one attached hydrogen (secondary N) is 4. The zero-order chi connectivity index (χ0) is 21.0. The SMILES string of the molecule is C=C(NC1CCC(C)(NC(=C)NC=O)CC1)NC(C)C1=C(C)c2ccccc2C1. The average Bonchev–Trinajstić information content (AvgIpc) is 3.01. The summed E-state index contributed by atoms with van der Waals surface area (Å²) < 4.78 is 0. The first-order chi connectivity index (χ1) is 13.8. The van der Waals surface area contributed by atoms with Gasteiger partial charge in [0.1, 0.15) is 0 Å². The van der Waals surface area contributed by atoms with Crippen molar-refractivity contribution >= 4 is 12.0 Å². The van der Waals surface area contributed by atoms with Gasteiger partial charge < -0.3 is 21.3 Å². The number of benzene rings is 1. The van der Waals surface area contributed by atoms with E-state index in [0.29, 0.717) is 18.3 Å². The molecule has 1 saturated carbocycles. The molecule has 5 nitrogen and oxygen atoms in total. The molecule has 0 aliphatic heterocycles. The molecule has 1 fully saturated rings. The highest BCUT2D eigenvalue weighted by Gasteiger charge is 2.31. The molecule has 3 rings (SSSR count). The van der Waals surface area contributed by atoms with Crippen LogP contribution in [0.5, 0.6) is 0 Å². The molecule has 156 valence electrons. The van der Waals surface area contributed by atoms with E-state index in [1.165, 1.54) is 22.3 Å². The lowest BCUT2D eigenvalue weighted by atomic mass is 9.81. The largest absolute Gasteiger partial charge is 0.370 e. The molecule has 1 aromatic rings. The number of hydrogen-bond acceptors (Lipinski definition) is 4. The molecule has 1 atom stereocenters. The molecule has 1 aromatic carbocycles. The molecule has 29 heavy (non-hydrogen) atoms. The Morgan fingerprint density at radius 2 is 1.90 bits per heavy atom. The molecule has 0 spiro atoms. The van der Waals surface area contributed by atoms with Gasteiger partial charge in [-0.2, -0.15) is 0 Å². The molecular weight excluding hydrogens is 360 g/mol. The van der Waals surface area contributed by atoms with Crippen molar-refractivity contribution in [3.05, 3.63) is 65.8 Å². The third kappa shape index (κ3) is 5.03. The molecular formula is C24H34N4O. The van der Waals surface area contributed by atoms with Gasteiger partial charge in [-0.1, -0.05) is 37.4 Å². The van der Waals surface area contributed by atoms with Crippen molar-refractivity contribution in [2.24, 2.45) is 0 Å². The van der Waals surface area contributed by atoms with Crippen LogP contribution in [0.1, 0.15) is 57.6 Å². The lowest BCUT2D eigenvalue weighted by Crippen LogP contribution is -2.50. The fraction of sp³-hybridized carbons (Fsp3) is 0.458. The van der Waals surface area contributed by atoms with Crippen molar-refractivity contribution in [2.75, 3.05) is 0 Å². The minimum Gasteiger partial charge on any atom is -0.370 e. The maximum atomic E-state index is 10.6. The average molecular weight is 395 g/mol. The van der Waals surface area contributed by atoms with Crippen LogP contribution in [0.25, 0.3) is 5.57 Å². The molecule has 0 heterocycles.